The van der Waals surface area contributed by atoms with E-state index in [2.05, 4.69) is 20.5 Å². The molecule has 0 bridgehead atoms. The highest BCUT2D eigenvalue weighted by atomic mass is 35.5. The number of nitrogens with zero attached hydrogens (tertiary/aromatic N) is 2. The van der Waals surface area contributed by atoms with E-state index in [4.69, 9.17) is 0 Å². The second-order valence-corrected chi connectivity index (χ2v) is 5.56. The van der Waals surface area contributed by atoms with Gasteiger partial charge in [0.15, 0.2) is 0 Å². The number of aromatic nitrogens is 3. The molecule has 2 N–H and O–H groups in total. The fourth-order valence-electron chi connectivity index (χ4n) is 2.98. The van der Waals surface area contributed by atoms with Crippen LogP contribution in [0.3, 0.4) is 0 Å². The lowest BCUT2D eigenvalue weighted by atomic mass is 9.73. The Kier molecular flexibility index (Phi) is 4.96. The molecule has 1 aliphatic heterocycles. The largest absolute Gasteiger partial charge is 0.317 e. The molecular weight excluding hydrogens is 291 g/mol. The van der Waals surface area contributed by atoms with Gasteiger partial charge in [0.2, 0.25) is 0 Å². The smallest absolute Gasteiger partial charge is 0.147 e. The third-order valence-electron chi connectivity index (χ3n) is 4.12. The zero-order valence-electron chi connectivity index (χ0n) is 12.0. The fourth-order valence-corrected chi connectivity index (χ4v) is 2.98. The van der Waals surface area contributed by atoms with Gasteiger partial charge in [-0.15, -0.1) is 12.4 Å². The van der Waals surface area contributed by atoms with Gasteiger partial charge in [-0.05, 0) is 57.0 Å². The molecule has 0 saturated carbocycles. The maximum atomic E-state index is 13.0. The van der Waals surface area contributed by atoms with E-state index in [9.17, 15) is 4.39 Å². The molecule has 1 aromatic heterocycles. The number of hydrogen-bond acceptors (Lipinski definition) is 3. The minimum absolute atomic E-state index is 0. The number of halogens is 2. The molecule has 1 saturated heterocycles. The number of aromatic amines is 1. The lowest BCUT2D eigenvalue weighted by Gasteiger charge is -2.35. The summed E-state index contributed by atoms with van der Waals surface area (Å²) in [6, 6.07) is 6.77. The zero-order valence-corrected chi connectivity index (χ0v) is 12.8. The van der Waals surface area contributed by atoms with Gasteiger partial charge in [0.25, 0.3) is 0 Å². The summed E-state index contributed by atoms with van der Waals surface area (Å²) in [6.45, 7) is 3.84. The molecule has 0 atom stereocenters. The number of piperidine rings is 1. The summed E-state index contributed by atoms with van der Waals surface area (Å²) < 4.78 is 13.0. The normalized spacial score (nSPS) is 17.2. The molecule has 114 valence electrons. The summed E-state index contributed by atoms with van der Waals surface area (Å²) in [5.74, 6) is 1.54. The molecule has 1 fully saturated rings. The standard InChI is InChI=1S/C15H19FN4.ClH/c1-11-18-14(20-19-11)15(6-8-17-9-7-15)10-12-2-4-13(16)5-3-12;/h2-5,17H,6-10H2,1H3,(H,18,19,20);1H. The molecule has 0 radical (unpaired) electrons. The van der Waals surface area contributed by atoms with Gasteiger partial charge in [0.05, 0.1) is 0 Å². The molecule has 1 aliphatic rings. The van der Waals surface area contributed by atoms with Gasteiger partial charge in [-0.3, -0.25) is 5.10 Å². The van der Waals surface area contributed by atoms with E-state index in [1.54, 1.807) is 0 Å². The van der Waals surface area contributed by atoms with E-state index in [0.29, 0.717) is 0 Å². The molecule has 0 aliphatic carbocycles. The number of hydrogen-bond donors (Lipinski definition) is 2. The van der Waals surface area contributed by atoms with Gasteiger partial charge in [0, 0.05) is 5.41 Å². The topological polar surface area (TPSA) is 53.6 Å². The van der Waals surface area contributed by atoms with Crippen molar-refractivity contribution in [3.63, 3.8) is 0 Å². The molecule has 6 heteroatoms. The van der Waals surface area contributed by atoms with Crippen LogP contribution in [0.4, 0.5) is 4.39 Å². The van der Waals surface area contributed by atoms with Crippen molar-refractivity contribution in [1.29, 1.82) is 0 Å². The predicted molar refractivity (Wildman–Crippen MR) is 82.3 cm³/mol. The van der Waals surface area contributed by atoms with Crippen LogP contribution in [0.2, 0.25) is 0 Å². The van der Waals surface area contributed by atoms with Crippen molar-refractivity contribution >= 4 is 12.4 Å². The van der Waals surface area contributed by atoms with Crippen molar-refractivity contribution in [2.45, 2.75) is 31.6 Å². The average Bonchev–Trinajstić information content (AvgIpc) is 2.90. The highest BCUT2D eigenvalue weighted by molar-refractivity contribution is 5.85. The Morgan fingerprint density at radius 2 is 1.86 bits per heavy atom. The van der Waals surface area contributed by atoms with Gasteiger partial charge in [-0.1, -0.05) is 12.1 Å². The van der Waals surface area contributed by atoms with Crippen molar-refractivity contribution in [3.8, 4) is 0 Å². The van der Waals surface area contributed by atoms with Crippen LogP contribution in [0.1, 0.15) is 30.1 Å². The van der Waals surface area contributed by atoms with Crippen LogP contribution < -0.4 is 5.32 Å². The van der Waals surface area contributed by atoms with Gasteiger partial charge in [0.1, 0.15) is 17.5 Å². The van der Waals surface area contributed by atoms with Crippen LogP contribution in [0.25, 0.3) is 0 Å². The van der Waals surface area contributed by atoms with E-state index >= 15 is 0 Å². The molecule has 21 heavy (non-hydrogen) atoms. The number of rotatable bonds is 3. The molecule has 0 amide bonds. The number of H-pyrrole nitrogens is 1. The minimum Gasteiger partial charge on any atom is -0.317 e. The van der Waals surface area contributed by atoms with Gasteiger partial charge < -0.3 is 5.32 Å². The SMILES string of the molecule is Cc1n[nH]c(C2(Cc3ccc(F)cc3)CCNCC2)n1.Cl. The first kappa shape index (κ1) is 15.9. The lowest BCUT2D eigenvalue weighted by Crippen LogP contribution is -2.42. The van der Waals surface area contributed by atoms with Crippen molar-refractivity contribution < 1.29 is 4.39 Å². The first-order valence-electron chi connectivity index (χ1n) is 7.03. The van der Waals surface area contributed by atoms with E-state index < -0.39 is 0 Å². The summed E-state index contributed by atoms with van der Waals surface area (Å²) in [6.07, 6.45) is 2.89. The summed E-state index contributed by atoms with van der Waals surface area (Å²) in [5.41, 5.74) is 1.12. The Bertz CT molecular complexity index is 576. The second-order valence-electron chi connectivity index (χ2n) is 5.56. The molecule has 0 unspecified atom stereocenters. The quantitative estimate of drug-likeness (QED) is 0.916. The van der Waals surface area contributed by atoms with Gasteiger partial charge in [-0.2, -0.15) is 5.10 Å². The number of aryl methyl sites for hydroxylation is 1. The highest BCUT2D eigenvalue weighted by Crippen LogP contribution is 2.34. The Balaban J connectivity index is 0.00000161. The molecule has 2 aromatic rings. The third-order valence-corrected chi connectivity index (χ3v) is 4.12. The summed E-state index contributed by atoms with van der Waals surface area (Å²) in [7, 11) is 0. The Labute approximate surface area is 130 Å². The van der Waals surface area contributed by atoms with Crippen molar-refractivity contribution in [2.24, 2.45) is 0 Å². The minimum atomic E-state index is -0.191. The van der Waals surface area contributed by atoms with Crippen LogP contribution in [0, 0.1) is 12.7 Å². The average molecular weight is 311 g/mol. The van der Waals surface area contributed by atoms with Crippen LogP contribution in [-0.2, 0) is 11.8 Å². The first-order valence-corrected chi connectivity index (χ1v) is 7.03. The van der Waals surface area contributed by atoms with E-state index in [1.165, 1.54) is 12.1 Å². The highest BCUT2D eigenvalue weighted by Gasteiger charge is 2.37. The number of nitrogens with one attached hydrogen (secondary N) is 2. The number of benzene rings is 1. The van der Waals surface area contributed by atoms with Crippen LogP contribution in [0.5, 0.6) is 0 Å². The van der Waals surface area contributed by atoms with Gasteiger partial charge in [-0.25, -0.2) is 9.37 Å². The zero-order chi connectivity index (χ0) is 14.0. The van der Waals surface area contributed by atoms with Crippen LogP contribution in [0.15, 0.2) is 24.3 Å². The maximum absolute atomic E-state index is 13.0. The molecule has 4 nitrogen and oxygen atoms in total. The Hall–Kier alpha value is -1.46. The third kappa shape index (κ3) is 3.41. The van der Waals surface area contributed by atoms with E-state index in [1.807, 2.05) is 19.1 Å². The Morgan fingerprint density at radius 3 is 2.43 bits per heavy atom. The van der Waals surface area contributed by atoms with Crippen molar-refractivity contribution in [1.82, 2.24) is 20.5 Å². The molecule has 0 spiro atoms. The molecule has 3 rings (SSSR count). The summed E-state index contributed by atoms with van der Waals surface area (Å²) in [4.78, 5) is 4.55. The fraction of sp³-hybridized carbons (Fsp3) is 0.467. The predicted octanol–water partition coefficient (Wildman–Crippen LogP) is 2.54. The van der Waals surface area contributed by atoms with Gasteiger partial charge >= 0.3 is 0 Å². The molecular formula is C15H20ClFN4. The second kappa shape index (κ2) is 6.54. The summed E-state index contributed by atoms with van der Waals surface area (Å²) >= 11 is 0. The molecule has 2 heterocycles. The first-order chi connectivity index (χ1) is 9.68. The molecule has 1 aromatic carbocycles. The maximum Gasteiger partial charge on any atom is 0.147 e. The lowest BCUT2D eigenvalue weighted by molar-refractivity contribution is 0.290. The monoisotopic (exact) mass is 310 g/mol. The van der Waals surface area contributed by atoms with E-state index in [-0.39, 0.29) is 23.6 Å². The van der Waals surface area contributed by atoms with Crippen LogP contribution in [-0.4, -0.2) is 28.3 Å². The Morgan fingerprint density at radius 1 is 1.19 bits per heavy atom. The van der Waals surface area contributed by atoms with Crippen molar-refractivity contribution in [2.75, 3.05) is 13.1 Å². The van der Waals surface area contributed by atoms with Crippen LogP contribution >= 0.6 is 12.4 Å². The summed E-state index contributed by atoms with van der Waals surface area (Å²) in [5, 5.41) is 10.6. The van der Waals surface area contributed by atoms with Crippen molar-refractivity contribution in [3.05, 3.63) is 47.3 Å². The van der Waals surface area contributed by atoms with E-state index in [0.717, 1.165) is 49.6 Å².